The Labute approximate surface area is 106 Å². The molecule has 88 valence electrons. The van der Waals surface area contributed by atoms with Crippen LogP contribution in [0.1, 0.15) is 5.69 Å². The van der Waals surface area contributed by atoms with Crippen molar-refractivity contribution in [2.24, 2.45) is 0 Å². The summed E-state index contributed by atoms with van der Waals surface area (Å²) < 4.78 is 1.86. The highest BCUT2D eigenvalue weighted by molar-refractivity contribution is 5.59. The maximum atomic E-state index is 4.60. The highest BCUT2D eigenvalue weighted by atomic mass is 15.3. The lowest BCUT2D eigenvalue weighted by atomic mass is 10.1. The standard InChI is InChI=1S/C15H13N3/c1-12-11-14(13-7-3-2-4-8-13)17-18(12)15-9-5-6-10-16-15/h2-11H,1H3. The van der Waals surface area contributed by atoms with Crippen molar-refractivity contribution < 1.29 is 0 Å². The molecule has 0 atom stereocenters. The fraction of sp³-hybridized carbons (Fsp3) is 0.0667. The van der Waals surface area contributed by atoms with Gasteiger partial charge in [-0.3, -0.25) is 0 Å². The molecule has 0 saturated carbocycles. The second-order valence-electron chi connectivity index (χ2n) is 4.14. The van der Waals surface area contributed by atoms with E-state index in [4.69, 9.17) is 0 Å². The first-order chi connectivity index (χ1) is 8.84. The van der Waals surface area contributed by atoms with Crippen LogP contribution in [0.5, 0.6) is 0 Å². The Hall–Kier alpha value is -2.42. The third-order valence-corrected chi connectivity index (χ3v) is 2.82. The highest BCUT2D eigenvalue weighted by Crippen LogP contribution is 2.19. The molecule has 0 aliphatic carbocycles. The van der Waals surface area contributed by atoms with Crippen LogP contribution < -0.4 is 0 Å². The zero-order valence-corrected chi connectivity index (χ0v) is 10.1. The minimum absolute atomic E-state index is 0.845. The van der Waals surface area contributed by atoms with Crippen LogP contribution >= 0.6 is 0 Å². The van der Waals surface area contributed by atoms with Crippen molar-refractivity contribution in [1.29, 1.82) is 0 Å². The average molecular weight is 235 g/mol. The smallest absolute Gasteiger partial charge is 0.153 e. The van der Waals surface area contributed by atoms with Gasteiger partial charge >= 0.3 is 0 Å². The van der Waals surface area contributed by atoms with E-state index in [-0.39, 0.29) is 0 Å². The van der Waals surface area contributed by atoms with Gasteiger partial charge in [-0.25, -0.2) is 9.67 Å². The molecule has 0 aliphatic rings. The minimum Gasteiger partial charge on any atom is -0.237 e. The van der Waals surface area contributed by atoms with Crippen LogP contribution in [-0.4, -0.2) is 14.8 Å². The van der Waals surface area contributed by atoms with Gasteiger partial charge in [-0.15, -0.1) is 0 Å². The first-order valence-corrected chi connectivity index (χ1v) is 5.88. The fourth-order valence-corrected chi connectivity index (χ4v) is 1.94. The van der Waals surface area contributed by atoms with Gasteiger partial charge in [0.1, 0.15) is 0 Å². The Morgan fingerprint density at radius 1 is 0.944 bits per heavy atom. The lowest BCUT2D eigenvalue weighted by Gasteiger charge is -2.01. The normalized spacial score (nSPS) is 10.5. The fourth-order valence-electron chi connectivity index (χ4n) is 1.94. The van der Waals surface area contributed by atoms with E-state index in [9.17, 15) is 0 Å². The van der Waals surface area contributed by atoms with Crippen molar-refractivity contribution in [3.05, 3.63) is 66.5 Å². The van der Waals surface area contributed by atoms with Gasteiger partial charge < -0.3 is 0 Å². The van der Waals surface area contributed by atoms with E-state index in [1.54, 1.807) is 6.20 Å². The maximum absolute atomic E-state index is 4.60. The summed E-state index contributed by atoms with van der Waals surface area (Å²) in [5.74, 6) is 0.845. The molecular formula is C15H13N3. The summed E-state index contributed by atoms with van der Waals surface area (Å²) in [5.41, 5.74) is 3.17. The third kappa shape index (κ3) is 1.91. The SMILES string of the molecule is Cc1cc(-c2ccccc2)nn1-c1ccccn1. The van der Waals surface area contributed by atoms with Crippen LogP contribution in [0, 0.1) is 6.92 Å². The summed E-state index contributed by atoms with van der Waals surface area (Å²) in [6, 6.07) is 18.1. The number of nitrogens with zero attached hydrogens (tertiary/aromatic N) is 3. The van der Waals surface area contributed by atoms with Gasteiger partial charge in [-0.2, -0.15) is 5.10 Å². The second-order valence-corrected chi connectivity index (χ2v) is 4.14. The molecule has 1 aromatic carbocycles. The zero-order chi connectivity index (χ0) is 12.4. The van der Waals surface area contributed by atoms with Crippen LogP contribution in [0.25, 0.3) is 17.1 Å². The molecule has 0 aliphatic heterocycles. The molecule has 3 aromatic rings. The first kappa shape index (κ1) is 10.7. The van der Waals surface area contributed by atoms with Gasteiger partial charge in [0, 0.05) is 17.5 Å². The molecule has 3 nitrogen and oxygen atoms in total. The monoisotopic (exact) mass is 235 g/mol. The van der Waals surface area contributed by atoms with Gasteiger partial charge in [0.2, 0.25) is 0 Å². The molecule has 0 amide bonds. The molecule has 3 rings (SSSR count). The van der Waals surface area contributed by atoms with Gasteiger partial charge in [0.15, 0.2) is 5.82 Å². The molecule has 3 heteroatoms. The maximum Gasteiger partial charge on any atom is 0.153 e. The summed E-state index contributed by atoms with van der Waals surface area (Å²) >= 11 is 0. The average Bonchev–Trinajstić information content (AvgIpc) is 2.83. The molecule has 0 radical (unpaired) electrons. The summed E-state index contributed by atoms with van der Waals surface area (Å²) in [5, 5.41) is 4.60. The number of rotatable bonds is 2. The Morgan fingerprint density at radius 2 is 1.72 bits per heavy atom. The first-order valence-electron chi connectivity index (χ1n) is 5.88. The molecular weight excluding hydrogens is 222 g/mol. The summed E-state index contributed by atoms with van der Waals surface area (Å²) in [4.78, 5) is 4.32. The van der Waals surface area contributed by atoms with Crippen LogP contribution in [0.3, 0.4) is 0 Å². The number of hydrogen-bond donors (Lipinski definition) is 0. The zero-order valence-electron chi connectivity index (χ0n) is 10.1. The van der Waals surface area contributed by atoms with Crippen molar-refractivity contribution in [1.82, 2.24) is 14.8 Å². The van der Waals surface area contributed by atoms with E-state index in [1.807, 2.05) is 48.0 Å². The lowest BCUT2D eigenvalue weighted by Crippen LogP contribution is -2.00. The highest BCUT2D eigenvalue weighted by Gasteiger charge is 2.07. The van der Waals surface area contributed by atoms with E-state index in [2.05, 4.69) is 28.3 Å². The predicted octanol–water partition coefficient (Wildman–Crippen LogP) is 3.24. The Bertz CT molecular complexity index is 642. The Kier molecular flexibility index (Phi) is 2.65. The number of aryl methyl sites for hydroxylation is 1. The van der Waals surface area contributed by atoms with E-state index in [0.29, 0.717) is 0 Å². The van der Waals surface area contributed by atoms with E-state index >= 15 is 0 Å². The van der Waals surface area contributed by atoms with Crippen molar-refractivity contribution >= 4 is 0 Å². The molecule has 0 bridgehead atoms. The van der Waals surface area contributed by atoms with Gasteiger partial charge in [0.25, 0.3) is 0 Å². The number of pyridine rings is 1. The number of benzene rings is 1. The van der Waals surface area contributed by atoms with E-state index < -0.39 is 0 Å². The molecule has 0 N–H and O–H groups in total. The predicted molar refractivity (Wildman–Crippen MR) is 71.5 cm³/mol. The topological polar surface area (TPSA) is 30.7 Å². The van der Waals surface area contributed by atoms with Crippen LogP contribution in [0.4, 0.5) is 0 Å². The Morgan fingerprint density at radius 3 is 2.44 bits per heavy atom. The van der Waals surface area contributed by atoms with Gasteiger partial charge in [0.05, 0.1) is 5.69 Å². The Balaban J connectivity index is 2.07. The third-order valence-electron chi connectivity index (χ3n) is 2.82. The summed E-state index contributed by atoms with van der Waals surface area (Å²) in [6.07, 6.45) is 1.78. The molecule has 0 fully saturated rings. The van der Waals surface area contributed by atoms with Crippen LogP contribution in [0.2, 0.25) is 0 Å². The molecule has 2 heterocycles. The number of aromatic nitrogens is 3. The quantitative estimate of drug-likeness (QED) is 0.682. The molecule has 0 saturated heterocycles. The van der Waals surface area contributed by atoms with Gasteiger partial charge in [-0.05, 0) is 25.1 Å². The van der Waals surface area contributed by atoms with E-state index in [1.165, 1.54) is 0 Å². The minimum atomic E-state index is 0.845. The molecule has 2 aromatic heterocycles. The summed E-state index contributed by atoms with van der Waals surface area (Å²) in [7, 11) is 0. The lowest BCUT2D eigenvalue weighted by molar-refractivity contribution is 0.820. The van der Waals surface area contributed by atoms with Gasteiger partial charge in [-0.1, -0.05) is 36.4 Å². The molecule has 18 heavy (non-hydrogen) atoms. The molecule has 0 spiro atoms. The number of hydrogen-bond acceptors (Lipinski definition) is 2. The van der Waals surface area contributed by atoms with E-state index in [0.717, 1.165) is 22.8 Å². The van der Waals surface area contributed by atoms with Crippen LogP contribution in [0.15, 0.2) is 60.8 Å². The van der Waals surface area contributed by atoms with Crippen molar-refractivity contribution in [2.75, 3.05) is 0 Å². The largest absolute Gasteiger partial charge is 0.237 e. The van der Waals surface area contributed by atoms with Crippen LogP contribution in [-0.2, 0) is 0 Å². The van der Waals surface area contributed by atoms with Crippen molar-refractivity contribution in [2.45, 2.75) is 6.92 Å². The van der Waals surface area contributed by atoms with Crippen molar-refractivity contribution in [3.63, 3.8) is 0 Å². The molecule has 0 unspecified atom stereocenters. The summed E-state index contributed by atoms with van der Waals surface area (Å²) in [6.45, 7) is 2.04. The second kappa shape index (κ2) is 4.45. The van der Waals surface area contributed by atoms with Crippen molar-refractivity contribution in [3.8, 4) is 17.1 Å².